The largest absolute Gasteiger partial charge is 0.356 e. The molecule has 0 saturated carbocycles. The average Bonchev–Trinajstić information content (AvgIpc) is 2.44. The molecule has 0 fully saturated rings. The standard InChI is InChI=1S/C16H24N2O2/c1-3-4-11-17-16(20)10-12-18(14(2)19)13-15-8-6-5-7-9-15/h5-9H,3-4,10-13H2,1-2H3,(H,17,20). The Morgan fingerprint density at radius 3 is 2.50 bits per heavy atom. The lowest BCUT2D eigenvalue weighted by molar-refractivity contribution is -0.130. The summed E-state index contributed by atoms with van der Waals surface area (Å²) in [4.78, 5) is 25.0. The second-order valence-electron chi connectivity index (χ2n) is 4.88. The summed E-state index contributed by atoms with van der Waals surface area (Å²) in [5.74, 6) is 0.00738. The number of benzene rings is 1. The van der Waals surface area contributed by atoms with Gasteiger partial charge in [-0.1, -0.05) is 43.7 Å². The zero-order valence-corrected chi connectivity index (χ0v) is 12.4. The van der Waals surface area contributed by atoms with Gasteiger partial charge < -0.3 is 10.2 Å². The van der Waals surface area contributed by atoms with Gasteiger partial charge in [-0.25, -0.2) is 0 Å². The van der Waals surface area contributed by atoms with E-state index < -0.39 is 0 Å². The summed E-state index contributed by atoms with van der Waals surface area (Å²) in [7, 11) is 0. The molecule has 0 unspecified atom stereocenters. The van der Waals surface area contributed by atoms with Crippen LogP contribution >= 0.6 is 0 Å². The summed E-state index contributed by atoms with van der Waals surface area (Å²) in [6.07, 6.45) is 2.41. The molecule has 1 rings (SSSR count). The minimum Gasteiger partial charge on any atom is -0.356 e. The van der Waals surface area contributed by atoms with Crippen LogP contribution < -0.4 is 5.32 Å². The summed E-state index contributed by atoms with van der Waals surface area (Å²) in [6.45, 7) is 5.36. The quantitative estimate of drug-likeness (QED) is 0.741. The van der Waals surface area contributed by atoms with Crippen molar-refractivity contribution < 1.29 is 9.59 Å². The van der Waals surface area contributed by atoms with Crippen LogP contribution in [0.1, 0.15) is 38.7 Å². The molecular formula is C16H24N2O2. The maximum absolute atomic E-state index is 11.6. The van der Waals surface area contributed by atoms with E-state index in [4.69, 9.17) is 0 Å². The van der Waals surface area contributed by atoms with Crippen LogP contribution in [0.4, 0.5) is 0 Å². The molecule has 20 heavy (non-hydrogen) atoms. The zero-order chi connectivity index (χ0) is 14.8. The van der Waals surface area contributed by atoms with Crippen molar-refractivity contribution in [3.8, 4) is 0 Å². The molecule has 0 aliphatic rings. The molecule has 4 nitrogen and oxygen atoms in total. The third-order valence-corrected chi connectivity index (χ3v) is 3.12. The minimum absolute atomic E-state index is 0.00443. The molecule has 0 atom stereocenters. The molecule has 0 radical (unpaired) electrons. The van der Waals surface area contributed by atoms with Crippen LogP contribution in [-0.2, 0) is 16.1 Å². The maximum Gasteiger partial charge on any atom is 0.221 e. The highest BCUT2D eigenvalue weighted by Gasteiger charge is 2.11. The Labute approximate surface area is 121 Å². The Morgan fingerprint density at radius 1 is 1.20 bits per heavy atom. The summed E-state index contributed by atoms with van der Waals surface area (Å²) < 4.78 is 0. The van der Waals surface area contributed by atoms with Crippen molar-refractivity contribution in [2.45, 2.75) is 39.7 Å². The molecule has 0 aromatic heterocycles. The van der Waals surface area contributed by atoms with E-state index in [0.717, 1.165) is 18.4 Å². The molecule has 0 aliphatic heterocycles. The van der Waals surface area contributed by atoms with Gasteiger partial charge >= 0.3 is 0 Å². The first-order valence-corrected chi connectivity index (χ1v) is 7.19. The van der Waals surface area contributed by atoms with Crippen LogP contribution in [0.3, 0.4) is 0 Å². The first-order valence-electron chi connectivity index (χ1n) is 7.19. The highest BCUT2D eigenvalue weighted by molar-refractivity contribution is 5.77. The molecular weight excluding hydrogens is 252 g/mol. The topological polar surface area (TPSA) is 49.4 Å². The van der Waals surface area contributed by atoms with E-state index in [-0.39, 0.29) is 11.8 Å². The lowest BCUT2D eigenvalue weighted by atomic mass is 10.2. The number of unbranched alkanes of at least 4 members (excludes halogenated alkanes) is 1. The Kier molecular flexibility index (Phi) is 7.40. The molecule has 4 heteroatoms. The Bertz CT molecular complexity index is 418. The third kappa shape index (κ3) is 6.36. The molecule has 2 amide bonds. The maximum atomic E-state index is 11.6. The molecule has 0 bridgehead atoms. The first kappa shape index (κ1) is 16.2. The van der Waals surface area contributed by atoms with Crippen molar-refractivity contribution in [3.63, 3.8) is 0 Å². The summed E-state index contributed by atoms with van der Waals surface area (Å²) >= 11 is 0. The van der Waals surface area contributed by atoms with Crippen LogP contribution in [0.5, 0.6) is 0 Å². The fourth-order valence-electron chi connectivity index (χ4n) is 1.88. The van der Waals surface area contributed by atoms with E-state index in [2.05, 4.69) is 12.2 Å². The summed E-state index contributed by atoms with van der Waals surface area (Å²) in [5, 5.41) is 2.86. The Morgan fingerprint density at radius 2 is 1.90 bits per heavy atom. The predicted molar refractivity (Wildman–Crippen MR) is 80.1 cm³/mol. The van der Waals surface area contributed by atoms with Gasteiger partial charge in [-0.15, -0.1) is 0 Å². The molecule has 0 aliphatic carbocycles. The Balaban J connectivity index is 2.40. The highest BCUT2D eigenvalue weighted by Crippen LogP contribution is 2.05. The van der Waals surface area contributed by atoms with Gasteiger partial charge in [0.2, 0.25) is 11.8 Å². The first-order chi connectivity index (χ1) is 9.63. The second-order valence-corrected chi connectivity index (χ2v) is 4.88. The number of carbonyl (C=O) groups excluding carboxylic acids is 2. The van der Waals surface area contributed by atoms with E-state index in [1.807, 2.05) is 30.3 Å². The number of nitrogens with zero attached hydrogens (tertiary/aromatic N) is 1. The van der Waals surface area contributed by atoms with Crippen LogP contribution in [0, 0.1) is 0 Å². The predicted octanol–water partition coefficient (Wildman–Crippen LogP) is 2.34. The van der Waals surface area contributed by atoms with Gasteiger partial charge in [-0.2, -0.15) is 0 Å². The van der Waals surface area contributed by atoms with Gasteiger partial charge in [0.1, 0.15) is 0 Å². The lowest BCUT2D eigenvalue weighted by Crippen LogP contribution is -2.33. The van der Waals surface area contributed by atoms with Crippen LogP contribution in [0.25, 0.3) is 0 Å². The van der Waals surface area contributed by atoms with Gasteiger partial charge in [0.05, 0.1) is 0 Å². The number of carbonyl (C=O) groups is 2. The molecule has 0 heterocycles. The average molecular weight is 276 g/mol. The van der Waals surface area contributed by atoms with Crippen LogP contribution in [-0.4, -0.2) is 29.8 Å². The highest BCUT2D eigenvalue weighted by atomic mass is 16.2. The van der Waals surface area contributed by atoms with Crippen molar-refractivity contribution in [2.75, 3.05) is 13.1 Å². The van der Waals surface area contributed by atoms with Crippen molar-refractivity contribution in [3.05, 3.63) is 35.9 Å². The number of nitrogens with one attached hydrogen (secondary N) is 1. The third-order valence-electron chi connectivity index (χ3n) is 3.12. The van der Waals surface area contributed by atoms with Gasteiger partial charge in [0.15, 0.2) is 0 Å². The van der Waals surface area contributed by atoms with Crippen LogP contribution in [0.15, 0.2) is 30.3 Å². The van der Waals surface area contributed by atoms with Crippen molar-refractivity contribution in [1.29, 1.82) is 0 Å². The normalized spacial score (nSPS) is 10.1. The van der Waals surface area contributed by atoms with E-state index >= 15 is 0 Å². The fraction of sp³-hybridized carbons (Fsp3) is 0.500. The lowest BCUT2D eigenvalue weighted by Gasteiger charge is -2.21. The van der Waals surface area contributed by atoms with Gasteiger partial charge in [0, 0.05) is 33.0 Å². The summed E-state index contributed by atoms with van der Waals surface area (Å²) in [6, 6.07) is 9.81. The van der Waals surface area contributed by atoms with Crippen molar-refractivity contribution >= 4 is 11.8 Å². The van der Waals surface area contributed by atoms with Crippen LogP contribution in [0.2, 0.25) is 0 Å². The van der Waals surface area contributed by atoms with Gasteiger partial charge in [0.25, 0.3) is 0 Å². The second kappa shape index (κ2) is 9.13. The van der Waals surface area contributed by atoms with E-state index in [1.165, 1.54) is 6.92 Å². The number of hydrogen-bond acceptors (Lipinski definition) is 2. The van der Waals surface area contributed by atoms with Crippen molar-refractivity contribution in [2.24, 2.45) is 0 Å². The molecule has 1 aromatic carbocycles. The number of hydrogen-bond donors (Lipinski definition) is 1. The molecule has 0 saturated heterocycles. The van der Waals surface area contributed by atoms with E-state index in [1.54, 1.807) is 4.90 Å². The van der Waals surface area contributed by atoms with E-state index in [0.29, 0.717) is 26.1 Å². The van der Waals surface area contributed by atoms with E-state index in [9.17, 15) is 9.59 Å². The molecule has 1 N–H and O–H groups in total. The van der Waals surface area contributed by atoms with Gasteiger partial charge in [-0.3, -0.25) is 9.59 Å². The Hall–Kier alpha value is -1.84. The number of rotatable bonds is 8. The van der Waals surface area contributed by atoms with Gasteiger partial charge in [-0.05, 0) is 12.0 Å². The zero-order valence-electron chi connectivity index (χ0n) is 12.4. The smallest absolute Gasteiger partial charge is 0.221 e. The minimum atomic E-state index is -0.00443. The SMILES string of the molecule is CCCCNC(=O)CCN(Cc1ccccc1)C(C)=O. The monoisotopic (exact) mass is 276 g/mol. The fourth-order valence-corrected chi connectivity index (χ4v) is 1.88. The molecule has 110 valence electrons. The number of amides is 2. The van der Waals surface area contributed by atoms with Crippen molar-refractivity contribution in [1.82, 2.24) is 10.2 Å². The molecule has 1 aromatic rings. The summed E-state index contributed by atoms with van der Waals surface area (Å²) in [5.41, 5.74) is 1.08. The molecule has 0 spiro atoms.